The molecule has 1 N–H and O–H groups in total. The molecule has 0 aliphatic heterocycles. The SMILES string of the molecule is CC(C)(C)c1ccc(C2CC2C(=O)N/N=C\c2ccc(OC(=O)c3ccc(Cl)cc3)cc2)cc1. The Hall–Kier alpha value is -3.44. The number of halogens is 1. The number of esters is 1. The topological polar surface area (TPSA) is 67.8 Å². The first-order valence-electron chi connectivity index (χ1n) is 11.2. The van der Waals surface area contributed by atoms with Crippen LogP contribution < -0.4 is 10.2 Å². The highest BCUT2D eigenvalue weighted by molar-refractivity contribution is 6.30. The largest absolute Gasteiger partial charge is 0.423 e. The van der Waals surface area contributed by atoms with Gasteiger partial charge in [-0.15, -0.1) is 0 Å². The van der Waals surface area contributed by atoms with Crippen LogP contribution in [0.1, 0.15) is 60.2 Å². The van der Waals surface area contributed by atoms with Crippen LogP contribution in [-0.2, 0) is 10.2 Å². The maximum absolute atomic E-state index is 12.4. The Labute approximate surface area is 204 Å². The summed E-state index contributed by atoms with van der Waals surface area (Å²) in [6.45, 7) is 6.57. The molecule has 0 spiro atoms. The van der Waals surface area contributed by atoms with Crippen LogP contribution >= 0.6 is 11.6 Å². The molecule has 0 aromatic heterocycles. The molecule has 6 heteroatoms. The second-order valence-electron chi connectivity index (χ2n) is 9.52. The molecule has 0 heterocycles. The normalized spacial score (nSPS) is 17.4. The summed E-state index contributed by atoms with van der Waals surface area (Å²) in [5.74, 6) is 0.0811. The van der Waals surface area contributed by atoms with Gasteiger partial charge in [-0.2, -0.15) is 5.10 Å². The fourth-order valence-corrected chi connectivity index (χ4v) is 3.84. The van der Waals surface area contributed by atoms with Gasteiger partial charge in [0.1, 0.15) is 5.75 Å². The van der Waals surface area contributed by atoms with E-state index in [2.05, 4.69) is 55.6 Å². The van der Waals surface area contributed by atoms with Crippen LogP contribution in [0, 0.1) is 5.92 Å². The first-order chi connectivity index (χ1) is 16.2. The van der Waals surface area contributed by atoms with E-state index in [1.54, 1.807) is 54.7 Å². The van der Waals surface area contributed by atoms with Crippen LogP contribution in [0.2, 0.25) is 5.02 Å². The first-order valence-corrected chi connectivity index (χ1v) is 11.6. The standard InChI is InChI=1S/C28H27ClN2O3/c1-28(2,3)21-10-6-19(7-11-21)24-16-25(24)26(32)31-30-17-18-4-14-23(15-5-18)34-27(33)20-8-12-22(29)13-9-20/h4-15,17,24-25H,16H2,1-3H3,(H,31,32)/b30-17-. The minimum atomic E-state index is -0.461. The molecule has 3 aromatic carbocycles. The predicted molar refractivity (Wildman–Crippen MR) is 135 cm³/mol. The summed E-state index contributed by atoms with van der Waals surface area (Å²) in [6, 6.07) is 21.9. The molecule has 1 aliphatic carbocycles. The van der Waals surface area contributed by atoms with Crippen LogP contribution in [0.15, 0.2) is 77.9 Å². The third kappa shape index (κ3) is 5.91. The van der Waals surface area contributed by atoms with Crippen molar-refractivity contribution >= 4 is 29.7 Å². The number of carbonyl (C=O) groups is 2. The number of hydrogen-bond acceptors (Lipinski definition) is 4. The number of nitrogens with zero attached hydrogens (tertiary/aromatic N) is 1. The maximum atomic E-state index is 12.4. The second kappa shape index (κ2) is 9.82. The zero-order valence-corrected chi connectivity index (χ0v) is 20.2. The Bertz CT molecular complexity index is 1190. The second-order valence-corrected chi connectivity index (χ2v) is 9.96. The van der Waals surface area contributed by atoms with Crippen LogP contribution in [0.25, 0.3) is 0 Å². The van der Waals surface area contributed by atoms with E-state index in [1.165, 1.54) is 11.1 Å². The number of carbonyl (C=O) groups excluding carboxylic acids is 2. The van der Waals surface area contributed by atoms with E-state index in [1.807, 2.05) is 0 Å². The third-order valence-electron chi connectivity index (χ3n) is 5.89. The molecule has 1 fully saturated rings. The van der Waals surface area contributed by atoms with Crippen molar-refractivity contribution in [3.8, 4) is 5.75 Å². The predicted octanol–water partition coefficient (Wildman–Crippen LogP) is 6.11. The molecule has 1 saturated carbocycles. The van der Waals surface area contributed by atoms with E-state index in [4.69, 9.17) is 16.3 Å². The van der Waals surface area contributed by atoms with Crippen molar-refractivity contribution in [2.75, 3.05) is 0 Å². The molecule has 0 saturated heterocycles. The lowest BCUT2D eigenvalue weighted by Crippen LogP contribution is -2.20. The Morgan fingerprint density at radius 1 is 0.971 bits per heavy atom. The molecule has 3 aromatic rings. The number of amides is 1. The monoisotopic (exact) mass is 474 g/mol. The molecular weight excluding hydrogens is 448 g/mol. The summed E-state index contributed by atoms with van der Waals surface area (Å²) < 4.78 is 5.36. The molecule has 34 heavy (non-hydrogen) atoms. The van der Waals surface area contributed by atoms with E-state index >= 15 is 0 Å². The van der Waals surface area contributed by atoms with E-state index in [-0.39, 0.29) is 23.2 Å². The molecule has 2 unspecified atom stereocenters. The van der Waals surface area contributed by atoms with Crippen LogP contribution in [0.3, 0.4) is 0 Å². The van der Waals surface area contributed by atoms with Crippen LogP contribution in [0.5, 0.6) is 5.75 Å². The smallest absolute Gasteiger partial charge is 0.343 e. The van der Waals surface area contributed by atoms with Crippen LogP contribution in [-0.4, -0.2) is 18.1 Å². The summed E-state index contributed by atoms with van der Waals surface area (Å²) in [7, 11) is 0. The molecule has 1 amide bonds. The first kappa shape index (κ1) is 23.7. The van der Waals surface area contributed by atoms with Gasteiger partial charge in [0.05, 0.1) is 11.8 Å². The van der Waals surface area contributed by atoms with Gasteiger partial charge in [0.2, 0.25) is 5.91 Å². The average molecular weight is 475 g/mol. The number of ether oxygens (including phenoxy) is 1. The molecule has 0 bridgehead atoms. The zero-order chi connectivity index (χ0) is 24.3. The molecule has 174 valence electrons. The van der Waals surface area contributed by atoms with Gasteiger partial charge in [-0.1, -0.05) is 56.6 Å². The van der Waals surface area contributed by atoms with Gasteiger partial charge >= 0.3 is 5.97 Å². The van der Waals surface area contributed by atoms with Gasteiger partial charge in [0.15, 0.2) is 0 Å². The minimum absolute atomic E-state index is 0.0488. The van der Waals surface area contributed by atoms with E-state index in [0.29, 0.717) is 16.3 Å². The Morgan fingerprint density at radius 2 is 1.62 bits per heavy atom. The third-order valence-corrected chi connectivity index (χ3v) is 6.14. The van der Waals surface area contributed by atoms with Gasteiger partial charge in [-0.3, -0.25) is 4.79 Å². The number of hydrazone groups is 1. The van der Waals surface area contributed by atoms with E-state index in [9.17, 15) is 9.59 Å². The van der Waals surface area contributed by atoms with Crippen molar-refractivity contribution in [1.29, 1.82) is 0 Å². The summed E-state index contributed by atoms with van der Waals surface area (Å²) >= 11 is 5.84. The van der Waals surface area contributed by atoms with Crippen molar-refractivity contribution in [3.63, 3.8) is 0 Å². The summed E-state index contributed by atoms with van der Waals surface area (Å²) in [5.41, 5.74) is 6.42. The molecule has 1 aliphatic rings. The van der Waals surface area contributed by atoms with Gasteiger partial charge in [0, 0.05) is 10.9 Å². The fourth-order valence-electron chi connectivity index (χ4n) is 3.71. The summed E-state index contributed by atoms with van der Waals surface area (Å²) in [6.07, 6.45) is 2.40. The fraction of sp³-hybridized carbons (Fsp3) is 0.250. The quantitative estimate of drug-likeness (QED) is 0.203. The number of rotatable bonds is 6. The van der Waals surface area contributed by atoms with Gasteiger partial charge in [-0.05, 0) is 83.0 Å². The maximum Gasteiger partial charge on any atom is 0.343 e. The highest BCUT2D eigenvalue weighted by atomic mass is 35.5. The highest BCUT2D eigenvalue weighted by Crippen LogP contribution is 2.47. The number of hydrogen-bond donors (Lipinski definition) is 1. The van der Waals surface area contributed by atoms with Crippen molar-refractivity contribution < 1.29 is 14.3 Å². The van der Waals surface area contributed by atoms with Gasteiger partial charge in [-0.25, -0.2) is 10.2 Å². The van der Waals surface area contributed by atoms with Crippen molar-refractivity contribution in [3.05, 3.63) is 100 Å². The zero-order valence-electron chi connectivity index (χ0n) is 19.4. The Morgan fingerprint density at radius 3 is 2.24 bits per heavy atom. The number of nitrogens with one attached hydrogen (secondary N) is 1. The lowest BCUT2D eigenvalue weighted by Gasteiger charge is -2.19. The van der Waals surface area contributed by atoms with Crippen molar-refractivity contribution in [2.45, 2.75) is 38.5 Å². The summed E-state index contributed by atoms with van der Waals surface area (Å²) in [4.78, 5) is 24.6. The molecule has 5 nitrogen and oxygen atoms in total. The summed E-state index contributed by atoms with van der Waals surface area (Å²) in [5, 5.41) is 4.63. The molecule has 2 atom stereocenters. The molecule has 0 radical (unpaired) electrons. The van der Waals surface area contributed by atoms with Crippen LogP contribution in [0.4, 0.5) is 0 Å². The lowest BCUT2D eigenvalue weighted by molar-refractivity contribution is -0.122. The highest BCUT2D eigenvalue weighted by Gasteiger charge is 2.44. The van der Waals surface area contributed by atoms with Gasteiger partial charge in [0.25, 0.3) is 0 Å². The Balaban J connectivity index is 1.26. The molecule has 4 rings (SSSR count). The minimum Gasteiger partial charge on any atom is -0.423 e. The van der Waals surface area contributed by atoms with E-state index in [0.717, 1.165) is 12.0 Å². The molecular formula is C28H27ClN2O3. The van der Waals surface area contributed by atoms with Gasteiger partial charge < -0.3 is 4.74 Å². The Kier molecular flexibility index (Phi) is 6.85. The van der Waals surface area contributed by atoms with Crippen molar-refractivity contribution in [2.24, 2.45) is 11.0 Å². The number of benzene rings is 3. The average Bonchev–Trinajstić information content (AvgIpc) is 3.61. The van der Waals surface area contributed by atoms with Crippen molar-refractivity contribution in [1.82, 2.24) is 5.43 Å². The van der Waals surface area contributed by atoms with E-state index < -0.39 is 5.97 Å². The lowest BCUT2D eigenvalue weighted by atomic mass is 9.86.